The van der Waals surface area contributed by atoms with Crippen molar-refractivity contribution in [3.8, 4) is 0 Å². The van der Waals surface area contributed by atoms with Gasteiger partial charge in [-0.2, -0.15) is 5.10 Å². The van der Waals surface area contributed by atoms with Crippen molar-refractivity contribution >= 4 is 0 Å². The lowest BCUT2D eigenvalue weighted by atomic mass is 10.1. The predicted molar refractivity (Wildman–Crippen MR) is 64.6 cm³/mol. The molecule has 2 heteroatoms. The minimum Gasteiger partial charge on any atom is -0.269 e. The van der Waals surface area contributed by atoms with Gasteiger partial charge in [0.15, 0.2) is 0 Å². The molecule has 1 rings (SSSR count). The average Bonchev–Trinajstić information content (AvgIpc) is 2.66. The van der Waals surface area contributed by atoms with Gasteiger partial charge in [0.2, 0.25) is 0 Å². The fourth-order valence-corrected chi connectivity index (χ4v) is 1.35. The monoisotopic (exact) mass is 204 g/mol. The number of nitrogens with zero attached hydrogens (tertiary/aromatic N) is 2. The second kappa shape index (κ2) is 6.23. The molecule has 0 amide bonds. The highest BCUT2D eigenvalue weighted by Crippen LogP contribution is 2.06. The third-order valence-corrected chi connectivity index (χ3v) is 2.28. The molecule has 2 nitrogen and oxygen atoms in total. The summed E-state index contributed by atoms with van der Waals surface area (Å²) < 4.78 is 1.93. The van der Waals surface area contributed by atoms with Gasteiger partial charge in [0.1, 0.15) is 0 Å². The molecular weight excluding hydrogens is 184 g/mol. The first-order valence-electron chi connectivity index (χ1n) is 5.45. The molecule has 0 saturated heterocycles. The summed E-state index contributed by atoms with van der Waals surface area (Å²) >= 11 is 0. The van der Waals surface area contributed by atoms with E-state index in [1.54, 1.807) is 0 Å². The van der Waals surface area contributed by atoms with Gasteiger partial charge in [-0.25, -0.2) is 0 Å². The maximum Gasteiger partial charge on any atom is 0.0592 e. The van der Waals surface area contributed by atoms with Crippen molar-refractivity contribution < 1.29 is 0 Å². The minimum absolute atomic E-state index is 0.883. The third-order valence-electron chi connectivity index (χ3n) is 2.28. The zero-order valence-electron chi connectivity index (χ0n) is 9.90. The molecule has 1 heterocycles. The maximum absolute atomic E-state index is 4.16. The smallest absolute Gasteiger partial charge is 0.0592 e. The maximum atomic E-state index is 4.16. The summed E-state index contributed by atoms with van der Waals surface area (Å²) in [6.45, 7) is 7.35. The van der Waals surface area contributed by atoms with Crippen molar-refractivity contribution in [3.05, 3.63) is 41.8 Å². The molecule has 0 aromatic carbocycles. The summed E-state index contributed by atoms with van der Waals surface area (Å²) in [5.41, 5.74) is 2.83. The summed E-state index contributed by atoms with van der Waals surface area (Å²) in [6.07, 6.45) is 10.6. The highest BCUT2D eigenvalue weighted by Gasteiger charge is 1.90. The summed E-state index contributed by atoms with van der Waals surface area (Å²) in [6, 6.07) is 1.95. The molecule has 0 aliphatic rings. The van der Waals surface area contributed by atoms with E-state index in [1.165, 1.54) is 11.1 Å². The van der Waals surface area contributed by atoms with Crippen LogP contribution in [0.1, 0.15) is 33.6 Å². The van der Waals surface area contributed by atoms with E-state index in [0.717, 1.165) is 19.4 Å². The molecule has 0 N–H and O–H groups in total. The van der Waals surface area contributed by atoms with Crippen LogP contribution in [0.25, 0.3) is 0 Å². The summed E-state index contributed by atoms with van der Waals surface area (Å²) in [4.78, 5) is 0. The fourth-order valence-electron chi connectivity index (χ4n) is 1.35. The van der Waals surface area contributed by atoms with Gasteiger partial charge >= 0.3 is 0 Å². The van der Waals surface area contributed by atoms with Crippen LogP contribution in [0.4, 0.5) is 0 Å². The van der Waals surface area contributed by atoms with Crippen LogP contribution < -0.4 is 0 Å². The number of aromatic nitrogens is 2. The van der Waals surface area contributed by atoms with Crippen molar-refractivity contribution in [2.75, 3.05) is 0 Å². The van der Waals surface area contributed by atoms with Crippen molar-refractivity contribution in [3.63, 3.8) is 0 Å². The molecule has 0 radical (unpaired) electrons. The highest BCUT2D eigenvalue weighted by molar-refractivity contribution is 5.02. The molecule has 0 unspecified atom stereocenters. The topological polar surface area (TPSA) is 17.8 Å². The highest BCUT2D eigenvalue weighted by atomic mass is 15.3. The summed E-state index contributed by atoms with van der Waals surface area (Å²) in [5, 5.41) is 4.16. The van der Waals surface area contributed by atoms with Crippen molar-refractivity contribution in [2.45, 2.75) is 40.2 Å². The Labute approximate surface area is 92.3 Å². The summed E-state index contributed by atoms with van der Waals surface area (Å²) in [5.74, 6) is 0. The lowest BCUT2D eigenvalue weighted by molar-refractivity contribution is 0.696. The van der Waals surface area contributed by atoms with E-state index in [-0.39, 0.29) is 0 Å². The Balaban J connectivity index is 2.30. The average molecular weight is 204 g/mol. The Morgan fingerprint density at radius 3 is 2.67 bits per heavy atom. The van der Waals surface area contributed by atoms with E-state index < -0.39 is 0 Å². The van der Waals surface area contributed by atoms with E-state index in [9.17, 15) is 0 Å². The molecule has 1 aromatic heterocycles. The second-order valence-corrected chi connectivity index (χ2v) is 4.10. The molecule has 82 valence electrons. The molecule has 0 saturated carbocycles. The van der Waals surface area contributed by atoms with Crippen molar-refractivity contribution in [2.24, 2.45) is 0 Å². The quantitative estimate of drug-likeness (QED) is 0.670. The standard InChI is InChI=1S/C13H20N2/c1-12(2)6-4-7-13(3)8-11-15-10-5-9-14-15/h5-6,8-10H,4,7,11H2,1-3H3/b13-8-. The Hall–Kier alpha value is -1.31. The minimum atomic E-state index is 0.883. The molecule has 0 aliphatic carbocycles. The Morgan fingerprint density at radius 1 is 1.27 bits per heavy atom. The van der Waals surface area contributed by atoms with Crippen LogP contribution in [0.15, 0.2) is 41.8 Å². The molecule has 15 heavy (non-hydrogen) atoms. The van der Waals surface area contributed by atoms with Crippen molar-refractivity contribution in [1.82, 2.24) is 9.78 Å². The van der Waals surface area contributed by atoms with Crippen LogP contribution in [-0.2, 0) is 6.54 Å². The zero-order valence-corrected chi connectivity index (χ0v) is 9.90. The number of hydrogen-bond acceptors (Lipinski definition) is 1. The van der Waals surface area contributed by atoms with Gasteiger partial charge in [-0.15, -0.1) is 0 Å². The predicted octanol–water partition coefficient (Wildman–Crippen LogP) is 3.58. The third kappa shape index (κ3) is 5.21. The van der Waals surface area contributed by atoms with E-state index in [4.69, 9.17) is 0 Å². The Kier molecular flexibility index (Phi) is 4.88. The van der Waals surface area contributed by atoms with Crippen LogP contribution in [0.2, 0.25) is 0 Å². The van der Waals surface area contributed by atoms with E-state index >= 15 is 0 Å². The molecule has 0 atom stereocenters. The lowest BCUT2D eigenvalue weighted by Crippen LogP contribution is -1.95. The van der Waals surface area contributed by atoms with Gasteiger partial charge in [0, 0.05) is 12.4 Å². The molecule has 0 aliphatic heterocycles. The molecule has 0 spiro atoms. The Morgan fingerprint density at radius 2 is 2.07 bits per heavy atom. The van der Waals surface area contributed by atoms with Crippen LogP contribution in [0.5, 0.6) is 0 Å². The number of allylic oxidation sites excluding steroid dienone is 4. The van der Waals surface area contributed by atoms with Crippen LogP contribution in [-0.4, -0.2) is 9.78 Å². The first-order chi connectivity index (χ1) is 7.18. The largest absolute Gasteiger partial charge is 0.269 e. The Bertz CT molecular complexity index is 327. The summed E-state index contributed by atoms with van der Waals surface area (Å²) in [7, 11) is 0. The normalized spacial score (nSPS) is 11.5. The van der Waals surface area contributed by atoms with E-state index in [2.05, 4.69) is 38.0 Å². The van der Waals surface area contributed by atoms with Gasteiger partial charge in [-0.3, -0.25) is 4.68 Å². The van der Waals surface area contributed by atoms with Crippen molar-refractivity contribution in [1.29, 1.82) is 0 Å². The first kappa shape index (κ1) is 11.8. The van der Waals surface area contributed by atoms with Crippen LogP contribution in [0.3, 0.4) is 0 Å². The molecular formula is C13H20N2. The van der Waals surface area contributed by atoms with E-state index in [0.29, 0.717) is 0 Å². The van der Waals surface area contributed by atoms with Gasteiger partial charge in [0.25, 0.3) is 0 Å². The molecule has 0 bridgehead atoms. The SMILES string of the molecule is CC(C)=CCC/C(C)=C\Cn1cccn1. The first-order valence-corrected chi connectivity index (χ1v) is 5.45. The van der Waals surface area contributed by atoms with Gasteiger partial charge in [0.05, 0.1) is 6.54 Å². The van der Waals surface area contributed by atoms with Gasteiger partial charge in [-0.05, 0) is 39.7 Å². The number of rotatable bonds is 5. The van der Waals surface area contributed by atoms with Gasteiger partial charge < -0.3 is 0 Å². The molecule has 1 aromatic rings. The second-order valence-electron chi connectivity index (χ2n) is 4.10. The van der Waals surface area contributed by atoms with E-state index in [1.807, 2.05) is 23.1 Å². The van der Waals surface area contributed by atoms with Crippen LogP contribution in [0, 0.1) is 0 Å². The van der Waals surface area contributed by atoms with Crippen LogP contribution >= 0.6 is 0 Å². The fraction of sp³-hybridized carbons (Fsp3) is 0.462. The zero-order chi connectivity index (χ0) is 11.1. The van der Waals surface area contributed by atoms with Gasteiger partial charge in [-0.1, -0.05) is 23.3 Å². The lowest BCUT2D eigenvalue weighted by Gasteiger charge is -2.00. The molecule has 0 fully saturated rings. The number of hydrogen-bond donors (Lipinski definition) is 0.